The topological polar surface area (TPSA) is 58.4 Å². The maximum atomic E-state index is 12.9. The van der Waals surface area contributed by atoms with Crippen LogP contribution in [-0.2, 0) is 4.79 Å². The van der Waals surface area contributed by atoms with Gasteiger partial charge in [-0.15, -0.1) is 0 Å². The predicted octanol–water partition coefficient (Wildman–Crippen LogP) is 7.09. The standard InChI is InChI=1S/C21H11Cl2N3O2S3/c22-11-5-7-14(23)13(9-11)16-8-6-12(28-16)10-18-19(27)26(21(29)31-18)25-20-24-15-3-1-2-4-17(15)30-20/h1-10H,(H,24,25). The molecule has 0 unspecified atom stereocenters. The third kappa shape index (κ3) is 4.09. The molecule has 0 bridgehead atoms. The van der Waals surface area contributed by atoms with Crippen molar-refractivity contribution in [1.29, 1.82) is 0 Å². The van der Waals surface area contributed by atoms with Gasteiger partial charge in [-0.2, -0.15) is 5.01 Å². The van der Waals surface area contributed by atoms with Crippen LogP contribution in [0.25, 0.3) is 27.6 Å². The first-order valence-electron chi connectivity index (χ1n) is 8.93. The number of fused-ring (bicyclic) bond motifs is 1. The van der Waals surface area contributed by atoms with Crippen LogP contribution in [0.1, 0.15) is 5.76 Å². The summed E-state index contributed by atoms with van der Waals surface area (Å²) in [4.78, 5) is 17.8. The Bertz CT molecular complexity index is 1350. The lowest BCUT2D eigenvalue weighted by molar-refractivity contribution is -0.121. The molecule has 1 amide bonds. The van der Waals surface area contributed by atoms with Crippen LogP contribution in [0.2, 0.25) is 10.0 Å². The summed E-state index contributed by atoms with van der Waals surface area (Å²) in [6, 6.07) is 16.5. The Balaban J connectivity index is 1.38. The van der Waals surface area contributed by atoms with Crippen LogP contribution in [0.4, 0.5) is 5.13 Å². The molecule has 0 radical (unpaired) electrons. The van der Waals surface area contributed by atoms with Crippen LogP contribution in [0.5, 0.6) is 0 Å². The zero-order valence-electron chi connectivity index (χ0n) is 15.5. The lowest BCUT2D eigenvalue weighted by atomic mass is 10.2. The minimum Gasteiger partial charge on any atom is -0.457 e. The fourth-order valence-corrected chi connectivity index (χ4v) is 5.37. The van der Waals surface area contributed by atoms with Gasteiger partial charge in [0.1, 0.15) is 11.5 Å². The van der Waals surface area contributed by atoms with Crippen LogP contribution in [-0.4, -0.2) is 20.2 Å². The Hall–Kier alpha value is -2.36. The summed E-state index contributed by atoms with van der Waals surface area (Å²) < 4.78 is 7.28. The summed E-state index contributed by atoms with van der Waals surface area (Å²) in [5.41, 5.74) is 4.56. The van der Waals surface area contributed by atoms with Gasteiger partial charge in [0.25, 0.3) is 5.91 Å². The van der Waals surface area contributed by atoms with E-state index < -0.39 is 0 Å². The number of anilines is 1. The molecule has 154 valence electrons. The monoisotopic (exact) mass is 503 g/mol. The van der Waals surface area contributed by atoms with Crippen molar-refractivity contribution in [3.63, 3.8) is 0 Å². The molecule has 31 heavy (non-hydrogen) atoms. The highest BCUT2D eigenvalue weighted by molar-refractivity contribution is 8.26. The molecule has 3 heterocycles. The molecular formula is C21H11Cl2N3O2S3. The molecule has 1 fully saturated rings. The Morgan fingerprint density at radius 3 is 2.81 bits per heavy atom. The van der Waals surface area contributed by atoms with Crippen molar-refractivity contribution >= 4 is 90.2 Å². The highest BCUT2D eigenvalue weighted by atomic mass is 35.5. The maximum Gasteiger partial charge on any atom is 0.285 e. The lowest BCUT2D eigenvalue weighted by Crippen LogP contribution is -2.33. The number of para-hydroxylation sites is 1. The number of hydrogen-bond donors (Lipinski definition) is 1. The van der Waals surface area contributed by atoms with Crippen LogP contribution >= 0.6 is 58.5 Å². The average molecular weight is 504 g/mol. The molecule has 0 spiro atoms. The Morgan fingerprint density at radius 1 is 1.13 bits per heavy atom. The van der Waals surface area contributed by atoms with E-state index in [0.29, 0.717) is 41.5 Å². The number of nitrogens with one attached hydrogen (secondary N) is 1. The second kappa shape index (κ2) is 8.29. The largest absolute Gasteiger partial charge is 0.457 e. The second-order valence-corrected chi connectivity index (χ2v) is 9.99. The van der Waals surface area contributed by atoms with Crippen LogP contribution in [0.3, 0.4) is 0 Å². The fourth-order valence-electron chi connectivity index (χ4n) is 2.97. The number of rotatable bonds is 4. The number of thiocarbonyl (C=S) groups is 1. The van der Waals surface area contributed by atoms with E-state index >= 15 is 0 Å². The van der Waals surface area contributed by atoms with E-state index in [-0.39, 0.29) is 5.91 Å². The molecule has 10 heteroatoms. The SMILES string of the molecule is O=C1C(=Cc2ccc(-c3cc(Cl)ccc3Cl)o2)SC(=S)N1Nc1nc2ccccc2s1. The van der Waals surface area contributed by atoms with Gasteiger partial charge in [-0.25, -0.2) is 4.98 Å². The van der Waals surface area contributed by atoms with Crippen molar-refractivity contribution in [3.05, 3.63) is 75.3 Å². The number of thiazole rings is 1. The third-order valence-corrected chi connectivity index (χ3v) is 7.20. The molecule has 0 aliphatic carbocycles. The molecule has 0 saturated carbocycles. The smallest absolute Gasteiger partial charge is 0.285 e. The molecular weight excluding hydrogens is 493 g/mol. The molecule has 1 saturated heterocycles. The third-order valence-electron chi connectivity index (χ3n) is 4.39. The Labute approximate surface area is 200 Å². The average Bonchev–Trinajstić information content (AvgIpc) is 3.44. The zero-order chi connectivity index (χ0) is 21.5. The van der Waals surface area contributed by atoms with Crippen molar-refractivity contribution in [1.82, 2.24) is 9.99 Å². The van der Waals surface area contributed by atoms with Gasteiger partial charge in [0.05, 0.1) is 20.1 Å². The second-order valence-electron chi connectivity index (χ2n) is 6.44. The van der Waals surface area contributed by atoms with Gasteiger partial charge in [0.15, 0.2) is 4.32 Å². The molecule has 2 aromatic carbocycles. The molecule has 1 N–H and O–H groups in total. The Kier molecular flexibility index (Phi) is 5.49. The number of carbonyl (C=O) groups is 1. The Morgan fingerprint density at radius 2 is 1.97 bits per heavy atom. The summed E-state index contributed by atoms with van der Waals surface area (Å²) in [5.74, 6) is 0.793. The van der Waals surface area contributed by atoms with Crippen molar-refractivity contribution in [2.45, 2.75) is 0 Å². The van der Waals surface area contributed by atoms with Crippen LogP contribution in [0, 0.1) is 0 Å². The first kappa shape index (κ1) is 20.5. The summed E-state index contributed by atoms with van der Waals surface area (Å²) >= 11 is 20.3. The molecule has 5 rings (SSSR count). The first-order chi connectivity index (χ1) is 15.0. The van der Waals surface area contributed by atoms with E-state index in [9.17, 15) is 4.79 Å². The minimum absolute atomic E-state index is 0.270. The minimum atomic E-state index is -0.270. The molecule has 1 aliphatic rings. The summed E-state index contributed by atoms with van der Waals surface area (Å²) in [6.45, 7) is 0. The number of benzene rings is 2. The fraction of sp³-hybridized carbons (Fsp3) is 0. The van der Waals surface area contributed by atoms with E-state index in [1.807, 2.05) is 24.3 Å². The van der Waals surface area contributed by atoms with Crippen molar-refractivity contribution in [3.8, 4) is 11.3 Å². The normalized spacial score (nSPS) is 15.4. The summed E-state index contributed by atoms with van der Waals surface area (Å²) in [6.07, 6.45) is 1.65. The summed E-state index contributed by atoms with van der Waals surface area (Å²) in [5, 5.41) is 2.99. The van der Waals surface area contributed by atoms with Crippen molar-refractivity contribution in [2.24, 2.45) is 0 Å². The van der Waals surface area contributed by atoms with Crippen molar-refractivity contribution < 1.29 is 9.21 Å². The molecule has 5 nitrogen and oxygen atoms in total. The number of thioether (sulfide) groups is 1. The van der Waals surface area contributed by atoms with E-state index in [0.717, 1.165) is 10.2 Å². The number of aromatic nitrogens is 1. The zero-order valence-corrected chi connectivity index (χ0v) is 19.4. The van der Waals surface area contributed by atoms with Gasteiger partial charge in [-0.1, -0.05) is 58.4 Å². The van der Waals surface area contributed by atoms with Crippen LogP contribution < -0.4 is 5.43 Å². The molecule has 2 aromatic heterocycles. The van der Waals surface area contributed by atoms with Gasteiger partial charge >= 0.3 is 0 Å². The van der Waals surface area contributed by atoms with E-state index in [4.69, 9.17) is 39.8 Å². The van der Waals surface area contributed by atoms with Crippen LogP contribution in [0.15, 0.2) is 63.9 Å². The molecule has 1 aliphatic heterocycles. The highest BCUT2D eigenvalue weighted by Gasteiger charge is 2.33. The van der Waals surface area contributed by atoms with E-state index in [1.165, 1.54) is 28.1 Å². The van der Waals surface area contributed by atoms with E-state index in [2.05, 4.69) is 10.4 Å². The van der Waals surface area contributed by atoms with Gasteiger partial charge in [0, 0.05) is 16.7 Å². The number of halogens is 2. The van der Waals surface area contributed by atoms with Crippen molar-refractivity contribution in [2.75, 3.05) is 5.43 Å². The maximum absolute atomic E-state index is 12.9. The van der Waals surface area contributed by atoms with Gasteiger partial charge < -0.3 is 4.42 Å². The number of amides is 1. The highest BCUT2D eigenvalue weighted by Crippen LogP contribution is 2.36. The number of carbonyl (C=O) groups excluding carboxylic acids is 1. The quantitative estimate of drug-likeness (QED) is 0.237. The predicted molar refractivity (Wildman–Crippen MR) is 132 cm³/mol. The molecule has 0 atom stereocenters. The van der Waals surface area contributed by atoms with E-state index in [1.54, 1.807) is 36.4 Å². The van der Waals surface area contributed by atoms with Gasteiger partial charge in [-0.05, 0) is 54.7 Å². The summed E-state index contributed by atoms with van der Waals surface area (Å²) in [7, 11) is 0. The van der Waals surface area contributed by atoms with Gasteiger partial charge in [-0.3, -0.25) is 10.2 Å². The van der Waals surface area contributed by atoms with Gasteiger partial charge in [0.2, 0.25) is 5.13 Å². The number of hydrogen-bond acceptors (Lipinski definition) is 7. The first-order valence-corrected chi connectivity index (χ1v) is 11.7. The number of furan rings is 1. The number of hydrazine groups is 1. The lowest BCUT2D eigenvalue weighted by Gasteiger charge is -2.14. The molecule has 4 aromatic rings. The number of nitrogens with zero attached hydrogens (tertiary/aromatic N) is 2.